The molecule has 1 atom stereocenters. The van der Waals surface area contributed by atoms with Crippen molar-refractivity contribution < 1.29 is 13.2 Å². The molecule has 2 aromatic rings. The normalized spacial score (nSPS) is 19.8. The largest absolute Gasteiger partial charge is 0.311 e. The van der Waals surface area contributed by atoms with E-state index in [9.17, 15) is 13.2 Å². The quantitative estimate of drug-likeness (QED) is 0.795. The first-order valence-corrected chi connectivity index (χ1v) is 8.40. The van der Waals surface area contributed by atoms with Crippen LogP contribution in [0, 0.1) is 0 Å². The number of hydrogen-bond acceptors (Lipinski definition) is 4. The molecule has 0 spiro atoms. The fraction of sp³-hybridized carbons (Fsp3) is 0.231. The van der Waals surface area contributed by atoms with Gasteiger partial charge in [0, 0.05) is 47.1 Å². The van der Waals surface area contributed by atoms with Crippen LogP contribution in [0.1, 0.15) is 6.42 Å². The van der Waals surface area contributed by atoms with Crippen LogP contribution in [0.15, 0.2) is 36.7 Å². The van der Waals surface area contributed by atoms with E-state index in [0.717, 1.165) is 10.8 Å². The van der Waals surface area contributed by atoms with E-state index in [1.54, 1.807) is 18.5 Å². The molecule has 0 N–H and O–H groups in total. The Labute approximate surface area is 120 Å². The highest BCUT2D eigenvalue weighted by atomic mass is 35.7. The molecule has 1 aliphatic rings. The number of pyridine rings is 1. The predicted octanol–water partition coefficient (Wildman–Crippen LogP) is 1.91. The van der Waals surface area contributed by atoms with Crippen LogP contribution in [-0.4, -0.2) is 31.1 Å². The Bertz CT molecular complexity index is 791. The van der Waals surface area contributed by atoms with Gasteiger partial charge in [-0.3, -0.25) is 9.78 Å². The van der Waals surface area contributed by atoms with Crippen molar-refractivity contribution in [2.45, 2.75) is 11.7 Å². The van der Waals surface area contributed by atoms with Gasteiger partial charge in [0.2, 0.25) is 15.0 Å². The molecule has 1 saturated heterocycles. The molecule has 1 aliphatic heterocycles. The van der Waals surface area contributed by atoms with E-state index in [4.69, 9.17) is 10.7 Å². The van der Waals surface area contributed by atoms with Gasteiger partial charge in [-0.15, -0.1) is 0 Å². The summed E-state index contributed by atoms with van der Waals surface area (Å²) in [4.78, 5) is 17.4. The number of nitrogens with zero attached hydrogens (tertiary/aromatic N) is 2. The Morgan fingerprint density at radius 1 is 1.25 bits per heavy atom. The van der Waals surface area contributed by atoms with Crippen molar-refractivity contribution >= 4 is 42.1 Å². The molecule has 1 aromatic carbocycles. The van der Waals surface area contributed by atoms with Crippen molar-refractivity contribution in [3.63, 3.8) is 0 Å². The maximum Gasteiger partial charge on any atom is 0.237 e. The summed E-state index contributed by atoms with van der Waals surface area (Å²) in [6, 6.07) is 7.33. The molecule has 20 heavy (non-hydrogen) atoms. The third kappa shape index (κ3) is 2.36. The van der Waals surface area contributed by atoms with E-state index < -0.39 is 14.3 Å². The highest BCUT2D eigenvalue weighted by Crippen LogP contribution is 2.28. The smallest absolute Gasteiger partial charge is 0.237 e. The topological polar surface area (TPSA) is 67.3 Å². The van der Waals surface area contributed by atoms with Crippen molar-refractivity contribution in [2.24, 2.45) is 0 Å². The molecule has 0 saturated carbocycles. The van der Waals surface area contributed by atoms with Gasteiger partial charge in [0.1, 0.15) is 5.25 Å². The van der Waals surface area contributed by atoms with Crippen LogP contribution in [0.25, 0.3) is 10.8 Å². The number of carbonyl (C=O) groups is 1. The molecule has 104 valence electrons. The zero-order valence-electron chi connectivity index (χ0n) is 10.4. The first-order valence-electron chi connectivity index (χ1n) is 6.03. The second kappa shape index (κ2) is 4.71. The number of carbonyl (C=O) groups excluding carboxylic acids is 1. The maximum absolute atomic E-state index is 12.0. The van der Waals surface area contributed by atoms with E-state index in [1.807, 2.05) is 18.2 Å². The Morgan fingerprint density at radius 2 is 2.05 bits per heavy atom. The van der Waals surface area contributed by atoms with Gasteiger partial charge in [0.25, 0.3) is 0 Å². The van der Waals surface area contributed by atoms with Gasteiger partial charge < -0.3 is 4.90 Å². The van der Waals surface area contributed by atoms with Gasteiger partial charge in [-0.1, -0.05) is 6.07 Å². The van der Waals surface area contributed by atoms with Crippen LogP contribution < -0.4 is 4.90 Å². The molecular weight excluding hydrogens is 300 g/mol. The molecule has 3 rings (SSSR count). The Balaban J connectivity index is 1.97. The molecule has 1 aromatic heterocycles. The Hall–Kier alpha value is -1.66. The van der Waals surface area contributed by atoms with Gasteiger partial charge in [-0.25, -0.2) is 8.42 Å². The zero-order valence-corrected chi connectivity index (χ0v) is 11.9. The standard InChI is InChI=1S/C13H11ClN2O3S/c14-20(18,19)12-6-13(17)16(8-12)11-2-1-10-7-15-4-3-9(10)5-11/h1-5,7,12H,6,8H2. The second-order valence-corrected chi connectivity index (χ2v) is 7.62. The zero-order chi connectivity index (χ0) is 14.3. The van der Waals surface area contributed by atoms with Crippen molar-refractivity contribution in [3.05, 3.63) is 36.7 Å². The van der Waals surface area contributed by atoms with Crippen molar-refractivity contribution in [3.8, 4) is 0 Å². The van der Waals surface area contributed by atoms with Crippen LogP contribution in [0.4, 0.5) is 5.69 Å². The minimum atomic E-state index is -3.72. The predicted molar refractivity (Wildman–Crippen MR) is 77.3 cm³/mol. The van der Waals surface area contributed by atoms with Crippen LogP contribution in [0.2, 0.25) is 0 Å². The van der Waals surface area contributed by atoms with E-state index in [1.165, 1.54) is 4.90 Å². The number of aromatic nitrogens is 1. The molecule has 5 nitrogen and oxygen atoms in total. The summed E-state index contributed by atoms with van der Waals surface area (Å²) in [5, 5.41) is 1.07. The van der Waals surface area contributed by atoms with E-state index in [-0.39, 0.29) is 18.9 Å². The Morgan fingerprint density at radius 3 is 2.75 bits per heavy atom. The van der Waals surface area contributed by atoms with Crippen LogP contribution >= 0.6 is 10.7 Å². The minimum absolute atomic E-state index is 0.0692. The number of rotatable bonds is 2. The summed E-state index contributed by atoms with van der Waals surface area (Å²) in [6.07, 6.45) is 3.33. The molecule has 0 aliphatic carbocycles. The minimum Gasteiger partial charge on any atom is -0.311 e. The molecular formula is C13H11ClN2O3S. The van der Waals surface area contributed by atoms with Crippen molar-refractivity contribution in [2.75, 3.05) is 11.4 Å². The summed E-state index contributed by atoms with van der Waals surface area (Å²) in [5.74, 6) is -0.229. The molecule has 7 heteroatoms. The van der Waals surface area contributed by atoms with Gasteiger partial charge in [0.15, 0.2) is 0 Å². The first-order chi connectivity index (χ1) is 9.45. The molecule has 0 radical (unpaired) electrons. The third-order valence-electron chi connectivity index (χ3n) is 3.42. The summed E-state index contributed by atoms with van der Waals surface area (Å²) < 4.78 is 22.7. The lowest BCUT2D eigenvalue weighted by Crippen LogP contribution is -2.26. The molecule has 1 unspecified atom stereocenters. The van der Waals surface area contributed by atoms with E-state index >= 15 is 0 Å². The highest BCUT2D eigenvalue weighted by Gasteiger charge is 2.37. The van der Waals surface area contributed by atoms with Crippen molar-refractivity contribution in [1.29, 1.82) is 0 Å². The summed E-state index contributed by atoms with van der Waals surface area (Å²) >= 11 is 0. The molecule has 1 amide bonds. The highest BCUT2D eigenvalue weighted by molar-refractivity contribution is 8.14. The third-order valence-corrected chi connectivity index (χ3v) is 5.29. The maximum atomic E-state index is 12.0. The number of anilines is 1. The monoisotopic (exact) mass is 310 g/mol. The number of benzene rings is 1. The van der Waals surface area contributed by atoms with Gasteiger partial charge >= 0.3 is 0 Å². The number of fused-ring (bicyclic) bond motifs is 1. The lowest BCUT2D eigenvalue weighted by Gasteiger charge is -2.16. The summed E-state index contributed by atoms with van der Waals surface area (Å²) in [5.41, 5.74) is 0.677. The lowest BCUT2D eigenvalue weighted by molar-refractivity contribution is -0.117. The van der Waals surface area contributed by atoms with E-state index in [0.29, 0.717) is 5.69 Å². The van der Waals surface area contributed by atoms with Crippen LogP contribution in [0.5, 0.6) is 0 Å². The van der Waals surface area contributed by atoms with Gasteiger partial charge in [-0.05, 0) is 23.6 Å². The lowest BCUT2D eigenvalue weighted by atomic mass is 10.1. The fourth-order valence-corrected chi connectivity index (χ4v) is 3.38. The van der Waals surface area contributed by atoms with Crippen molar-refractivity contribution in [1.82, 2.24) is 4.98 Å². The molecule has 1 fully saturated rings. The number of halogens is 1. The summed E-state index contributed by atoms with van der Waals surface area (Å²) in [7, 11) is 1.62. The Kier molecular flexibility index (Phi) is 3.14. The van der Waals surface area contributed by atoms with Gasteiger partial charge in [0.05, 0.1) is 0 Å². The average Bonchev–Trinajstić information content (AvgIpc) is 2.80. The SMILES string of the molecule is O=C1CC(S(=O)(=O)Cl)CN1c1ccc2cnccc2c1. The first kappa shape index (κ1) is 13.3. The second-order valence-electron chi connectivity index (χ2n) is 4.71. The molecule has 0 bridgehead atoms. The van der Waals surface area contributed by atoms with Crippen LogP contribution in [0.3, 0.4) is 0 Å². The number of hydrogen-bond donors (Lipinski definition) is 0. The number of amides is 1. The van der Waals surface area contributed by atoms with E-state index in [2.05, 4.69) is 4.98 Å². The summed E-state index contributed by atoms with van der Waals surface area (Å²) in [6.45, 7) is 0.0985. The van der Waals surface area contributed by atoms with Crippen LogP contribution in [-0.2, 0) is 13.8 Å². The fourth-order valence-electron chi connectivity index (χ4n) is 2.35. The average molecular weight is 311 g/mol. The molecule has 2 heterocycles. The van der Waals surface area contributed by atoms with Gasteiger partial charge in [-0.2, -0.15) is 0 Å².